The molecule has 0 unspecified atom stereocenters. The molecule has 1 aromatic carbocycles. The summed E-state index contributed by atoms with van der Waals surface area (Å²) in [5.74, 6) is -1.49. The van der Waals surface area contributed by atoms with Gasteiger partial charge in [0.25, 0.3) is 5.91 Å². The highest BCUT2D eigenvalue weighted by atomic mass is 32.1. The van der Waals surface area contributed by atoms with E-state index in [4.69, 9.17) is 4.42 Å². The summed E-state index contributed by atoms with van der Waals surface area (Å²) in [5.41, 5.74) is 3.13. The zero-order valence-corrected chi connectivity index (χ0v) is 15.0. The van der Waals surface area contributed by atoms with Crippen molar-refractivity contribution in [3.63, 3.8) is 0 Å². The fourth-order valence-corrected chi connectivity index (χ4v) is 2.96. The van der Waals surface area contributed by atoms with Crippen LogP contribution in [0, 0.1) is 5.95 Å². The molecule has 0 aliphatic rings. The fourth-order valence-electron chi connectivity index (χ4n) is 2.42. The van der Waals surface area contributed by atoms with Crippen LogP contribution < -0.4 is 10.4 Å². The van der Waals surface area contributed by atoms with Crippen molar-refractivity contribution in [3.05, 3.63) is 64.6 Å². The molecule has 0 fully saturated rings. The Morgan fingerprint density at radius 2 is 2.00 bits per heavy atom. The number of oxazole rings is 1. The average molecular weight is 423 g/mol. The van der Waals surface area contributed by atoms with Crippen LogP contribution in [0.3, 0.4) is 0 Å². The zero-order valence-electron chi connectivity index (χ0n) is 14.1. The lowest BCUT2D eigenvalue weighted by Gasteiger charge is -2.20. The van der Waals surface area contributed by atoms with Gasteiger partial charge >= 0.3 is 12.2 Å². The van der Waals surface area contributed by atoms with Gasteiger partial charge in [0.2, 0.25) is 5.95 Å². The first-order valence-corrected chi connectivity index (χ1v) is 8.84. The standard InChI is InChI=1S/C17H9F4N5O2S/c18-14-6-10(3-4-22-14)26(25-15(27)12-7-29-8-23-12)16-24-11-5-9(17(19,20)21)1-2-13(11)28-16/h1-8H,(H,25,27). The minimum Gasteiger partial charge on any atom is -0.422 e. The zero-order chi connectivity index (χ0) is 20.6. The van der Waals surface area contributed by atoms with Gasteiger partial charge in [-0.05, 0) is 24.3 Å². The van der Waals surface area contributed by atoms with Crippen LogP contribution in [0.4, 0.5) is 29.3 Å². The topological polar surface area (TPSA) is 84.2 Å². The van der Waals surface area contributed by atoms with E-state index in [0.29, 0.717) is 0 Å². The number of hydrogen-bond acceptors (Lipinski definition) is 7. The Bertz CT molecular complexity index is 1180. The third kappa shape index (κ3) is 3.87. The van der Waals surface area contributed by atoms with Gasteiger partial charge < -0.3 is 4.42 Å². The maximum Gasteiger partial charge on any atom is 0.416 e. The molecule has 4 aromatic rings. The molecule has 0 aliphatic heterocycles. The molecule has 3 aromatic heterocycles. The van der Waals surface area contributed by atoms with E-state index in [-0.39, 0.29) is 28.5 Å². The van der Waals surface area contributed by atoms with Crippen molar-refractivity contribution >= 4 is 40.0 Å². The average Bonchev–Trinajstić information content (AvgIpc) is 3.34. The number of alkyl halides is 3. The minimum absolute atomic E-state index is 0.0513. The summed E-state index contributed by atoms with van der Waals surface area (Å²) in [4.78, 5) is 23.7. The molecule has 0 spiro atoms. The largest absolute Gasteiger partial charge is 0.422 e. The van der Waals surface area contributed by atoms with Crippen molar-refractivity contribution < 1.29 is 26.8 Å². The van der Waals surface area contributed by atoms with Crippen LogP contribution in [0.5, 0.6) is 0 Å². The van der Waals surface area contributed by atoms with Crippen molar-refractivity contribution in [1.82, 2.24) is 20.4 Å². The quantitative estimate of drug-likeness (QED) is 0.299. The second-order valence-electron chi connectivity index (χ2n) is 5.66. The van der Waals surface area contributed by atoms with Gasteiger partial charge in [-0.2, -0.15) is 22.5 Å². The number of carbonyl (C=O) groups is 1. The Labute approximate surface area is 163 Å². The summed E-state index contributed by atoms with van der Waals surface area (Å²) in [6.07, 6.45) is -3.41. The summed E-state index contributed by atoms with van der Waals surface area (Å²) in [5, 5.41) is 2.49. The Hall–Kier alpha value is -3.54. The van der Waals surface area contributed by atoms with Crippen LogP contribution in [0.1, 0.15) is 16.1 Å². The molecular formula is C17H9F4N5O2S. The predicted molar refractivity (Wildman–Crippen MR) is 94.9 cm³/mol. The monoisotopic (exact) mass is 423 g/mol. The summed E-state index contributed by atoms with van der Waals surface area (Å²) >= 11 is 1.19. The number of benzene rings is 1. The summed E-state index contributed by atoms with van der Waals surface area (Å²) in [6.45, 7) is 0. The van der Waals surface area contributed by atoms with Gasteiger partial charge in [-0.3, -0.25) is 10.2 Å². The van der Waals surface area contributed by atoms with Crippen LogP contribution in [0.15, 0.2) is 51.8 Å². The van der Waals surface area contributed by atoms with Crippen LogP contribution in [-0.2, 0) is 6.18 Å². The number of nitrogens with one attached hydrogen (secondary N) is 1. The van der Waals surface area contributed by atoms with Gasteiger partial charge in [-0.25, -0.2) is 15.0 Å². The van der Waals surface area contributed by atoms with E-state index < -0.39 is 23.6 Å². The van der Waals surface area contributed by atoms with Crippen LogP contribution in [-0.4, -0.2) is 20.9 Å². The number of nitrogens with zero attached hydrogens (tertiary/aromatic N) is 4. The number of aromatic nitrogens is 3. The highest BCUT2D eigenvalue weighted by Gasteiger charge is 2.31. The van der Waals surface area contributed by atoms with E-state index in [2.05, 4.69) is 20.4 Å². The second-order valence-corrected chi connectivity index (χ2v) is 6.38. The lowest BCUT2D eigenvalue weighted by Crippen LogP contribution is -2.39. The van der Waals surface area contributed by atoms with Crippen LogP contribution in [0.2, 0.25) is 0 Å². The fraction of sp³-hybridized carbons (Fsp3) is 0.0588. The van der Waals surface area contributed by atoms with Crippen molar-refractivity contribution in [2.45, 2.75) is 6.18 Å². The smallest absolute Gasteiger partial charge is 0.416 e. The first-order valence-electron chi connectivity index (χ1n) is 7.90. The Morgan fingerprint density at radius 3 is 2.69 bits per heavy atom. The van der Waals surface area contributed by atoms with E-state index in [9.17, 15) is 22.4 Å². The van der Waals surface area contributed by atoms with Crippen molar-refractivity contribution in [3.8, 4) is 0 Å². The highest BCUT2D eigenvalue weighted by molar-refractivity contribution is 7.07. The molecule has 0 aliphatic carbocycles. The van der Waals surface area contributed by atoms with Crippen LogP contribution in [0.25, 0.3) is 11.1 Å². The molecule has 0 atom stereocenters. The highest BCUT2D eigenvalue weighted by Crippen LogP contribution is 2.33. The van der Waals surface area contributed by atoms with E-state index in [1.165, 1.54) is 28.3 Å². The van der Waals surface area contributed by atoms with Crippen LogP contribution >= 0.6 is 11.3 Å². The van der Waals surface area contributed by atoms with Crippen molar-refractivity contribution in [2.24, 2.45) is 0 Å². The molecule has 1 amide bonds. The van der Waals surface area contributed by atoms with Gasteiger partial charge in [-0.1, -0.05) is 0 Å². The molecule has 0 saturated carbocycles. The number of fused-ring (bicyclic) bond motifs is 1. The van der Waals surface area contributed by atoms with Crippen molar-refractivity contribution in [2.75, 3.05) is 5.01 Å². The number of hydrazine groups is 1. The molecule has 1 N–H and O–H groups in total. The van der Waals surface area contributed by atoms with Gasteiger partial charge in [-0.15, -0.1) is 11.3 Å². The Morgan fingerprint density at radius 1 is 1.17 bits per heavy atom. The number of rotatable bonds is 4. The Balaban J connectivity index is 1.77. The number of pyridine rings is 1. The normalized spacial score (nSPS) is 11.6. The third-order valence-corrected chi connectivity index (χ3v) is 4.33. The van der Waals surface area contributed by atoms with E-state index >= 15 is 0 Å². The number of amides is 1. The van der Waals surface area contributed by atoms with Crippen molar-refractivity contribution in [1.29, 1.82) is 0 Å². The summed E-state index contributed by atoms with van der Waals surface area (Å²) in [6, 6.07) is 4.87. The molecule has 4 rings (SSSR count). The van der Waals surface area contributed by atoms with Gasteiger partial charge in [0.15, 0.2) is 5.58 Å². The molecule has 0 bridgehead atoms. The lowest BCUT2D eigenvalue weighted by atomic mass is 10.2. The number of hydrogen-bond donors (Lipinski definition) is 1. The number of carbonyl (C=O) groups excluding carboxylic acids is 1. The maximum atomic E-state index is 13.6. The molecule has 7 nitrogen and oxygen atoms in total. The summed E-state index contributed by atoms with van der Waals surface area (Å²) < 4.78 is 57.9. The van der Waals surface area contributed by atoms with Gasteiger partial charge in [0, 0.05) is 17.6 Å². The molecular weight excluding hydrogens is 414 g/mol. The summed E-state index contributed by atoms with van der Waals surface area (Å²) in [7, 11) is 0. The van der Waals surface area contributed by atoms with E-state index in [1.54, 1.807) is 0 Å². The molecule has 0 radical (unpaired) electrons. The van der Waals surface area contributed by atoms with Gasteiger partial charge in [0.1, 0.15) is 11.2 Å². The predicted octanol–water partition coefficient (Wildman–Crippen LogP) is 4.32. The molecule has 12 heteroatoms. The first kappa shape index (κ1) is 18.8. The SMILES string of the molecule is O=C(NN(c1ccnc(F)c1)c1nc2cc(C(F)(F)F)ccc2o1)c1cscn1. The second kappa shape index (κ2) is 7.13. The lowest BCUT2D eigenvalue weighted by molar-refractivity contribution is -0.137. The molecule has 3 heterocycles. The molecule has 148 valence electrons. The Kier molecular flexibility index (Phi) is 4.62. The number of thiazole rings is 1. The van der Waals surface area contributed by atoms with Gasteiger partial charge in [0.05, 0.1) is 16.8 Å². The number of anilines is 2. The number of halogens is 4. The van der Waals surface area contributed by atoms with E-state index in [1.807, 2.05) is 0 Å². The maximum absolute atomic E-state index is 13.6. The van der Waals surface area contributed by atoms with E-state index in [0.717, 1.165) is 35.5 Å². The first-order chi connectivity index (χ1) is 13.8. The molecule has 0 saturated heterocycles. The minimum atomic E-state index is -4.56. The molecule has 29 heavy (non-hydrogen) atoms. The third-order valence-electron chi connectivity index (χ3n) is 3.74.